The van der Waals surface area contributed by atoms with Crippen molar-refractivity contribution in [3.05, 3.63) is 96.1 Å². The number of hydrogen-bond donors (Lipinski definition) is 1. The van der Waals surface area contributed by atoms with Gasteiger partial charge in [0.1, 0.15) is 12.4 Å². The Morgan fingerprint density at radius 2 is 1.63 bits per heavy atom. The van der Waals surface area contributed by atoms with Gasteiger partial charge in [-0.2, -0.15) is 0 Å². The Morgan fingerprint density at radius 1 is 0.889 bits per heavy atom. The van der Waals surface area contributed by atoms with E-state index in [0.717, 1.165) is 22.4 Å². The fraction of sp³-hybridized carbons (Fsp3) is 0.136. The lowest BCUT2D eigenvalue weighted by Crippen LogP contribution is -2.27. The third-order valence-electron chi connectivity index (χ3n) is 4.48. The van der Waals surface area contributed by atoms with Crippen LogP contribution in [-0.2, 0) is 24.3 Å². The molecule has 0 spiro atoms. The first-order valence-corrected chi connectivity index (χ1v) is 8.93. The zero-order chi connectivity index (χ0) is 18.5. The van der Waals surface area contributed by atoms with Crippen LogP contribution in [0.1, 0.15) is 17.0 Å². The second-order valence-electron chi connectivity index (χ2n) is 6.40. The quantitative estimate of drug-likeness (QED) is 0.576. The number of benzene rings is 2. The predicted molar refractivity (Wildman–Crippen MR) is 105 cm³/mol. The summed E-state index contributed by atoms with van der Waals surface area (Å²) in [7, 11) is 0. The van der Waals surface area contributed by atoms with Gasteiger partial charge >= 0.3 is 0 Å². The molecule has 0 unspecified atom stereocenters. The average molecular weight is 356 g/mol. The molecule has 0 saturated carbocycles. The van der Waals surface area contributed by atoms with Gasteiger partial charge in [-0.15, -0.1) is 0 Å². The molecule has 5 heteroatoms. The maximum Gasteiger partial charge on any atom is 0.240 e. The number of amides is 1. The number of aromatic nitrogens is 3. The smallest absolute Gasteiger partial charge is 0.240 e. The molecule has 0 aliphatic heterocycles. The second kappa shape index (κ2) is 7.83. The van der Waals surface area contributed by atoms with E-state index < -0.39 is 0 Å². The Hall–Kier alpha value is -3.47. The number of nitrogens with one attached hydrogen (secondary N) is 1. The number of rotatable bonds is 6. The SMILES string of the molecule is O=C(Cn1c(Cc2ccccc2)nc2ccccc21)NCc1ccncc1. The van der Waals surface area contributed by atoms with Crippen molar-refractivity contribution in [1.82, 2.24) is 19.9 Å². The number of para-hydroxylation sites is 2. The Balaban J connectivity index is 1.56. The van der Waals surface area contributed by atoms with E-state index in [4.69, 9.17) is 4.98 Å². The summed E-state index contributed by atoms with van der Waals surface area (Å²) in [5, 5.41) is 2.98. The molecular formula is C22H20N4O. The summed E-state index contributed by atoms with van der Waals surface area (Å²) >= 11 is 0. The van der Waals surface area contributed by atoms with E-state index in [1.165, 1.54) is 5.56 Å². The van der Waals surface area contributed by atoms with Crippen LogP contribution in [0.3, 0.4) is 0 Å². The van der Waals surface area contributed by atoms with E-state index >= 15 is 0 Å². The summed E-state index contributed by atoms with van der Waals surface area (Å²) in [6.45, 7) is 0.732. The summed E-state index contributed by atoms with van der Waals surface area (Å²) in [6.07, 6.45) is 4.14. The van der Waals surface area contributed by atoms with Crippen LogP contribution in [0.5, 0.6) is 0 Å². The molecule has 4 aromatic rings. The van der Waals surface area contributed by atoms with Gasteiger partial charge in [-0.1, -0.05) is 42.5 Å². The number of carbonyl (C=O) groups is 1. The van der Waals surface area contributed by atoms with Crippen molar-refractivity contribution in [2.75, 3.05) is 0 Å². The first-order valence-electron chi connectivity index (χ1n) is 8.93. The summed E-state index contributed by atoms with van der Waals surface area (Å²) in [4.78, 5) is 21.3. The van der Waals surface area contributed by atoms with E-state index in [-0.39, 0.29) is 12.5 Å². The molecule has 2 heterocycles. The minimum Gasteiger partial charge on any atom is -0.350 e. The zero-order valence-corrected chi connectivity index (χ0v) is 14.9. The monoisotopic (exact) mass is 356 g/mol. The Morgan fingerprint density at radius 3 is 2.44 bits per heavy atom. The lowest BCUT2D eigenvalue weighted by molar-refractivity contribution is -0.121. The van der Waals surface area contributed by atoms with Crippen LogP contribution in [-0.4, -0.2) is 20.4 Å². The molecular weight excluding hydrogens is 336 g/mol. The highest BCUT2D eigenvalue weighted by atomic mass is 16.1. The fourth-order valence-electron chi connectivity index (χ4n) is 3.12. The van der Waals surface area contributed by atoms with Gasteiger partial charge in [0, 0.05) is 25.4 Å². The molecule has 5 nitrogen and oxygen atoms in total. The largest absolute Gasteiger partial charge is 0.350 e. The van der Waals surface area contributed by atoms with Crippen molar-refractivity contribution in [2.45, 2.75) is 19.5 Å². The molecule has 0 aliphatic rings. The van der Waals surface area contributed by atoms with Crippen LogP contribution in [0.2, 0.25) is 0 Å². The standard InChI is InChI=1S/C22H20N4O/c27-22(24-15-18-10-12-23-13-11-18)16-26-20-9-5-4-8-19(20)25-21(26)14-17-6-2-1-3-7-17/h1-13H,14-16H2,(H,24,27). The number of carbonyl (C=O) groups excluding carboxylic acids is 1. The average Bonchev–Trinajstić information content (AvgIpc) is 3.05. The fourth-order valence-corrected chi connectivity index (χ4v) is 3.12. The van der Waals surface area contributed by atoms with Crippen molar-refractivity contribution in [2.24, 2.45) is 0 Å². The van der Waals surface area contributed by atoms with E-state index in [0.29, 0.717) is 13.0 Å². The number of nitrogens with zero attached hydrogens (tertiary/aromatic N) is 3. The molecule has 0 bridgehead atoms. The van der Waals surface area contributed by atoms with E-state index in [1.54, 1.807) is 12.4 Å². The van der Waals surface area contributed by atoms with E-state index in [9.17, 15) is 4.79 Å². The second-order valence-corrected chi connectivity index (χ2v) is 6.40. The molecule has 27 heavy (non-hydrogen) atoms. The molecule has 134 valence electrons. The molecule has 0 saturated heterocycles. The van der Waals surface area contributed by atoms with Crippen molar-refractivity contribution >= 4 is 16.9 Å². The van der Waals surface area contributed by atoms with E-state index in [1.807, 2.05) is 59.2 Å². The summed E-state index contributed by atoms with van der Waals surface area (Å²) in [5.41, 5.74) is 4.08. The van der Waals surface area contributed by atoms with Gasteiger partial charge < -0.3 is 9.88 Å². The first kappa shape index (κ1) is 17.0. The van der Waals surface area contributed by atoms with Crippen LogP contribution >= 0.6 is 0 Å². The lowest BCUT2D eigenvalue weighted by atomic mass is 10.1. The number of fused-ring (bicyclic) bond motifs is 1. The summed E-state index contributed by atoms with van der Waals surface area (Å²) in [5.74, 6) is 0.853. The Bertz CT molecular complexity index is 1040. The van der Waals surface area contributed by atoms with Gasteiger partial charge in [0.2, 0.25) is 5.91 Å². The highest BCUT2D eigenvalue weighted by Gasteiger charge is 2.14. The molecule has 2 aromatic heterocycles. The number of imidazole rings is 1. The molecule has 0 fully saturated rings. The van der Waals surface area contributed by atoms with Crippen LogP contribution in [0, 0.1) is 0 Å². The Kier molecular flexibility index (Phi) is 4.92. The van der Waals surface area contributed by atoms with Crippen molar-refractivity contribution in [1.29, 1.82) is 0 Å². The van der Waals surface area contributed by atoms with Gasteiger partial charge in [0.05, 0.1) is 11.0 Å². The molecule has 0 radical (unpaired) electrons. The van der Waals surface area contributed by atoms with Crippen LogP contribution < -0.4 is 5.32 Å². The molecule has 0 aliphatic carbocycles. The maximum atomic E-state index is 12.6. The molecule has 1 N–H and O–H groups in total. The number of pyridine rings is 1. The number of hydrogen-bond acceptors (Lipinski definition) is 3. The van der Waals surface area contributed by atoms with Crippen molar-refractivity contribution in [3.63, 3.8) is 0 Å². The zero-order valence-electron chi connectivity index (χ0n) is 14.9. The van der Waals surface area contributed by atoms with Crippen LogP contribution in [0.15, 0.2) is 79.1 Å². The van der Waals surface area contributed by atoms with Crippen molar-refractivity contribution in [3.8, 4) is 0 Å². The first-order chi connectivity index (χ1) is 13.3. The topological polar surface area (TPSA) is 59.8 Å². The molecule has 0 atom stereocenters. The molecule has 4 rings (SSSR count). The highest BCUT2D eigenvalue weighted by molar-refractivity contribution is 5.81. The van der Waals surface area contributed by atoms with Crippen molar-refractivity contribution < 1.29 is 4.79 Å². The predicted octanol–water partition coefficient (Wildman–Crippen LogP) is 3.34. The summed E-state index contributed by atoms with van der Waals surface area (Å²) in [6, 6.07) is 21.9. The maximum absolute atomic E-state index is 12.6. The molecule has 1 amide bonds. The third kappa shape index (κ3) is 4.03. The van der Waals surface area contributed by atoms with Gasteiger partial charge in [-0.05, 0) is 35.4 Å². The van der Waals surface area contributed by atoms with Gasteiger partial charge in [0.15, 0.2) is 0 Å². The normalized spacial score (nSPS) is 10.8. The third-order valence-corrected chi connectivity index (χ3v) is 4.48. The van der Waals surface area contributed by atoms with E-state index in [2.05, 4.69) is 22.4 Å². The minimum atomic E-state index is -0.0377. The van der Waals surface area contributed by atoms with Gasteiger partial charge in [-0.3, -0.25) is 9.78 Å². The summed E-state index contributed by atoms with van der Waals surface area (Å²) < 4.78 is 2.00. The van der Waals surface area contributed by atoms with Gasteiger partial charge in [-0.25, -0.2) is 4.98 Å². The Labute approximate surface area is 157 Å². The van der Waals surface area contributed by atoms with Crippen LogP contribution in [0.25, 0.3) is 11.0 Å². The molecule has 2 aromatic carbocycles. The highest BCUT2D eigenvalue weighted by Crippen LogP contribution is 2.18. The minimum absolute atomic E-state index is 0.0377. The van der Waals surface area contributed by atoms with Crippen LogP contribution in [0.4, 0.5) is 0 Å². The lowest BCUT2D eigenvalue weighted by Gasteiger charge is -2.10. The van der Waals surface area contributed by atoms with Gasteiger partial charge in [0.25, 0.3) is 0 Å².